The van der Waals surface area contributed by atoms with E-state index in [9.17, 15) is 0 Å². The van der Waals surface area contributed by atoms with E-state index in [-0.39, 0.29) is 0 Å². The van der Waals surface area contributed by atoms with Crippen molar-refractivity contribution in [2.75, 3.05) is 20.1 Å². The van der Waals surface area contributed by atoms with Gasteiger partial charge in [-0.3, -0.25) is 0 Å². The molecule has 1 aliphatic heterocycles. The lowest BCUT2D eigenvalue weighted by molar-refractivity contribution is 0.253. The highest BCUT2D eigenvalue weighted by Crippen LogP contribution is 2.26. The molecule has 0 spiro atoms. The summed E-state index contributed by atoms with van der Waals surface area (Å²) in [6.07, 6.45) is 3.90. The number of hydrogen-bond acceptors (Lipinski definition) is 3. The number of halogens is 1. The van der Waals surface area contributed by atoms with Crippen LogP contribution in [0.3, 0.4) is 0 Å². The smallest absolute Gasteiger partial charge is 0.0682 e. The first-order valence-corrected chi connectivity index (χ1v) is 5.30. The van der Waals surface area contributed by atoms with E-state index in [1.165, 1.54) is 0 Å². The molecule has 0 N–H and O–H groups in total. The van der Waals surface area contributed by atoms with Crippen LogP contribution in [-0.4, -0.2) is 35.2 Å². The standard InChI is InChI=1S/C10H14ClN3/c1-14-4-2-8(3-5-14)10-6-9(11)7-12-13-10/h6-8H,2-5H2,1H3. The molecule has 2 rings (SSSR count). The van der Waals surface area contributed by atoms with Crippen LogP contribution in [0.25, 0.3) is 0 Å². The molecule has 0 atom stereocenters. The summed E-state index contributed by atoms with van der Waals surface area (Å²) in [6, 6.07) is 1.94. The Kier molecular flexibility index (Phi) is 2.99. The molecule has 0 radical (unpaired) electrons. The van der Waals surface area contributed by atoms with Crippen molar-refractivity contribution >= 4 is 11.6 Å². The Morgan fingerprint density at radius 1 is 1.43 bits per heavy atom. The van der Waals surface area contributed by atoms with Crippen molar-refractivity contribution in [2.45, 2.75) is 18.8 Å². The minimum Gasteiger partial charge on any atom is -0.306 e. The minimum absolute atomic E-state index is 0.539. The van der Waals surface area contributed by atoms with E-state index in [0.29, 0.717) is 10.9 Å². The van der Waals surface area contributed by atoms with Crippen molar-refractivity contribution in [2.24, 2.45) is 0 Å². The van der Waals surface area contributed by atoms with Crippen molar-refractivity contribution in [1.82, 2.24) is 15.1 Å². The number of hydrogen-bond donors (Lipinski definition) is 0. The molecule has 0 aliphatic carbocycles. The van der Waals surface area contributed by atoms with Gasteiger partial charge < -0.3 is 4.90 Å². The molecule has 3 nitrogen and oxygen atoms in total. The van der Waals surface area contributed by atoms with Gasteiger partial charge in [0.15, 0.2) is 0 Å². The van der Waals surface area contributed by atoms with Gasteiger partial charge in [0.25, 0.3) is 0 Å². The van der Waals surface area contributed by atoms with Crippen LogP contribution in [0.4, 0.5) is 0 Å². The van der Waals surface area contributed by atoms with Crippen LogP contribution in [0.1, 0.15) is 24.5 Å². The van der Waals surface area contributed by atoms with Gasteiger partial charge in [0.05, 0.1) is 16.9 Å². The minimum atomic E-state index is 0.539. The zero-order chi connectivity index (χ0) is 9.97. The van der Waals surface area contributed by atoms with E-state index < -0.39 is 0 Å². The van der Waals surface area contributed by atoms with E-state index in [1.54, 1.807) is 6.20 Å². The van der Waals surface area contributed by atoms with Gasteiger partial charge in [0.1, 0.15) is 0 Å². The van der Waals surface area contributed by atoms with Gasteiger partial charge in [-0.05, 0) is 39.0 Å². The van der Waals surface area contributed by atoms with Crippen LogP contribution in [0.2, 0.25) is 5.02 Å². The topological polar surface area (TPSA) is 29.0 Å². The summed E-state index contributed by atoms with van der Waals surface area (Å²) in [6.45, 7) is 2.28. The molecule has 1 fully saturated rings. The SMILES string of the molecule is CN1CCC(c2cc(Cl)cnn2)CC1. The largest absolute Gasteiger partial charge is 0.306 e. The molecular formula is C10H14ClN3. The van der Waals surface area contributed by atoms with Gasteiger partial charge in [-0.2, -0.15) is 10.2 Å². The van der Waals surface area contributed by atoms with Crippen molar-refractivity contribution in [3.63, 3.8) is 0 Å². The van der Waals surface area contributed by atoms with Crippen molar-refractivity contribution in [1.29, 1.82) is 0 Å². The van der Waals surface area contributed by atoms with Gasteiger partial charge in [-0.1, -0.05) is 11.6 Å². The number of rotatable bonds is 1. The monoisotopic (exact) mass is 211 g/mol. The second-order valence-electron chi connectivity index (χ2n) is 3.88. The maximum absolute atomic E-state index is 5.88. The molecule has 1 aliphatic rings. The molecule has 1 aromatic rings. The fourth-order valence-corrected chi connectivity index (χ4v) is 2.02. The Bertz CT molecular complexity index is 308. The van der Waals surface area contributed by atoms with Crippen LogP contribution in [-0.2, 0) is 0 Å². The quantitative estimate of drug-likeness (QED) is 0.711. The molecule has 0 bridgehead atoms. The van der Waals surface area contributed by atoms with E-state index in [0.717, 1.165) is 31.6 Å². The van der Waals surface area contributed by atoms with Gasteiger partial charge in [0, 0.05) is 5.92 Å². The normalized spacial score (nSPS) is 19.9. The predicted octanol–water partition coefficient (Wildman–Crippen LogP) is 1.94. The summed E-state index contributed by atoms with van der Waals surface area (Å²) in [5.41, 5.74) is 1.05. The molecule has 1 aromatic heterocycles. The van der Waals surface area contributed by atoms with Crippen molar-refractivity contribution in [3.8, 4) is 0 Å². The average molecular weight is 212 g/mol. The second-order valence-corrected chi connectivity index (χ2v) is 4.31. The molecule has 0 unspecified atom stereocenters. The lowest BCUT2D eigenvalue weighted by atomic mass is 9.94. The van der Waals surface area contributed by atoms with E-state index in [4.69, 9.17) is 11.6 Å². The summed E-state index contributed by atoms with van der Waals surface area (Å²) >= 11 is 5.88. The molecule has 0 amide bonds. The Hall–Kier alpha value is -0.670. The van der Waals surface area contributed by atoms with Gasteiger partial charge in [-0.25, -0.2) is 0 Å². The summed E-state index contributed by atoms with van der Waals surface area (Å²) in [5.74, 6) is 0.539. The van der Waals surface area contributed by atoms with Crippen LogP contribution in [0.15, 0.2) is 12.3 Å². The first-order valence-electron chi connectivity index (χ1n) is 4.92. The molecular weight excluding hydrogens is 198 g/mol. The molecule has 76 valence electrons. The van der Waals surface area contributed by atoms with E-state index >= 15 is 0 Å². The molecule has 4 heteroatoms. The molecule has 2 heterocycles. The highest BCUT2D eigenvalue weighted by molar-refractivity contribution is 6.30. The number of nitrogens with zero attached hydrogens (tertiary/aromatic N) is 3. The number of aromatic nitrogens is 2. The average Bonchev–Trinajstić information content (AvgIpc) is 2.19. The van der Waals surface area contributed by atoms with Gasteiger partial charge in [-0.15, -0.1) is 0 Å². The van der Waals surface area contributed by atoms with Crippen molar-refractivity contribution < 1.29 is 0 Å². The highest BCUT2D eigenvalue weighted by Gasteiger charge is 2.19. The summed E-state index contributed by atoms with van der Waals surface area (Å²) < 4.78 is 0. The van der Waals surface area contributed by atoms with Crippen LogP contribution < -0.4 is 0 Å². The van der Waals surface area contributed by atoms with Crippen molar-refractivity contribution in [3.05, 3.63) is 23.0 Å². The third kappa shape index (κ3) is 2.22. The molecule has 14 heavy (non-hydrogen) atoms. The highest BCUT2D eigenvalue weighted by atomic mass is 35.5. The van der Waals surface area contributed by atoms with Crippen LogP contribution in [0.5, 0.6) is 0 Å². The maximum atomic E-state index is 5.88. The second kappa shape index (κ2) is 4.24. The van der Waals surface area contributed by atoms with Crippen LogP contribution in [0, 0.1) is 0 Å². The predicted molar refractivity (Wildman–Crippen MR) is 56.5 cm³/mol. The lowest BCUT2D eigenvalue weighted by Crippen LogP contribution is -2.29. The van der Waals surface area contributed by atoms with Crippen LogP contribution >= 0.6 is 11.6 Å². The summed E-state index contributed by atoms with van der Waals surface area (Å²) in [7, 11) is 2.15. The fraction of sp³-hybridized carbons (Fsp3) is 0.600. The maximum Gasteiger partial charge on any atom is 0.0682 e. The summed E-state index contributed by atoms with van der Waals surface area (Å²) in [4.78, 5) is 2.34. The number of likely N-dealkylation sites (tertiary alicyclic amines) is 1. The third-order valence-corrected chi connectivity index (χ3v) is 2.98. The van der Waals surface area contributed by atoms with Gasteiger partial charge >= 0.3 is 0 Å². The van der Waals surface area contributed by atoms with E-state index in [2.05, 4.69) is 22.1 Å². The zero-order valence-corrected chi connectivity index (χ0v) is 9.04. The number of piperidine rings is 1. The third-order valence-electron chi connectivity index (χ3n) is 2.78. The molecule has 0 saturated carbocycles. The zero-order valence-electron chi connectivity index (χ0n) is 8.28. The van der Waals surface area contributed by atoms with Gasteiger partial charge in [0.2, 0.25) is 0 Å². The Labute approximate surface area is 89.1 Å². The Balaban J connectivity index is 2.08. The Morgan fingerprint density at radius 2 is 2.14 bits per heavy atom. The fourth-order valence-electron chi connectivity index (χ4n) is 1.86. The Morgan fingerprint density at radius 3 is 2.79 bits per heavy atom. The molecule has 0 aromatic carbocycles. The molecule has 1 saturated heterocycles. The lowest BCUT2D eigenvalue weighted by Gasteiger charge is -2.28. The summed E-state index contributed by atoms with van der Waals surface area (Å²) in [5, 5.41) is 8.71. The van der Waals surface area contributed by atoms with E-state index in [1.807, 2.05) is 6.07 Å². The first kappa shape index (κ1) is 9.87. The first-order chi connectivity index (χ1) is 6.75.